The summed E-state index contributed by atoms with van der Waals surface area (Å²) in [6.07, 6.45) is 5.64. The lowest BCUT2D eigenvalue weighted by Gasteiger charge is -2.36. The number of piperidine rings is 2. The van der Waals surface area contributed by atoms with Gasteiger partial charge in [0.05, 0.1) is 6.61 Å². The molecule has 138 valence electrons. The highest BCUT2D eigenvalue weighted by Gasteiger charge is 2.24. The molecule has 0 aliphatic carbocycles. The Morgan fingerprint density at radius 3 is 2.56 bits per heavy atom. The molecule has 2 fully saturated rings. The largest absolute Gasteiger partial charge is 0.395 e. The van der Waals surface area contributed by atoms with Crippen LogP contribution in [-0.2, 0) is 0 Å². The fourth-order valence-corrected chi connectivity index (χ4v) is 4.02. The molecule has 1 aromatic carbocycles. The van der Waals surface area contributed by atoms with E-state index >= 15 is 0 Å². The maximum absolute atomic E-state index is 12.5. The van der Waals surface area contributed by atoms with Gasteiger partial charge in [0.15, 0.2) is 0 Å². The summed E-state index contributed by atoms with van der Waals surface area (Å²) in [7, 11) is 0. The van der Waals surface area contributed by atoms with Crippen molar-refractivity contribution in [2.45, 2.75) is 44.2 Å². The van der Waals surface area contributed by atoms with Gasteiger partial charge in [-0.1, -0.05) is 24.6 Å². The van der Waals surface area contributed by atoms with Crippen molar-refractivity contribution >= 4 is 5.91 Å². The van der Waals surface area contributed by atoms with E-state index in [1.165, 1.54) is 12.8 Å². The van der Waals surface area contributed by atoms with Crippen molar-refractivity contribution in [3.8, 4) is 0 Å². The van der Waals surface area contributed by atoms with Crippen LogP contribution in [0.1, 0.15) is 42.5 Å². The second-order valence-corrected chi connectivity index (χ2v) is 7.25. The van der Waals surface area contributed by atoms with Crippen molar-refractivity contribution in [2.24, 2.45) is 0 Å². The number of hydrogen-bond acceptors (Lipinski definition) is 4. The predicted molar refractivity (Wildman–Crippen MR) is 99.7 cm³/mol. The van der Waals surface area contributed by atoms with E-state index in [4.69, 9.17) is 0 Å². The van der Waals surface area contributed by atoms with Crippen LogP contribution in [0.5, 0.6) is 0 Å². The zero-order chi connectivity index (χ0) is 17.5. The molecule has 2 aliphatic rings. The zero-order valence-corrected chi connectivity index (χ0v) is 15.1. The van der Waals surface area contributed by atoms with Crippen molar-refractivity contribution in [1.82, 2.24) is 15.1 Å². The second-order valence-electron chi connectivity index (χ2n) is 7.25. The van der Waals surface area contributed by atoms with Crippen molar-refractivity contribution in [1.29, 1.82) is 0 Å². The highest BCUT2D eigenvalue weighted by molar-refractivity contribution is 5.94. The van der Waals surface area contributed by atoms with Gasteiger partial charge in [0.2, 0.25) is 0 Å². The van der Waals surface area contributed by atoms with Gasteiger partial charge < -0.3 is 15.3 Å². The third-order valence-corrected chi connectivity index (χ3v) is 5.59. The molecule has 2 saturated heterocycles. The third-order valence-electron chi connectivity index (χ3n) is 5.59. The minimum Gasteiger partial charge on any atom is -0.395 e. The predicted octanol–water partition coefficient (Wildman–Crippen LogP) is 1.73. The Kier molecular flexibility index (Phi) is 6.84. The van der Waals surface area contributed by atoms with Crippen LogP contribution in [-0.4, -0.2) is 72.2 Å². The molecule has 3 rings (SSSR count). The number of aliphatic hydroxyl groups is 1. The van der Waals surface area contributed by atoms with Crippen LogP contribution < -0.4 is 5.32 Å². The Balaban J connectivity index is 1.37. The summed E-state index contributed by atoms with van der Waals surface area (Å²) in [6, 6.07) is 10.4. The highest BCUT2D eigenvalue weighted by atomic mass is 16.3. The number of benzene rings is 1. The molecule has 5 nitrogen and oxygen atoms in total. The van der Waals surface area contributed by atoms with Gasteiger partial charge in [-0.25, -0.2) is 0 Å². The monoisotopic (exact) mass is 345 g/mol. The molecule has 1 amide bonds. The van der Waals surface area contributed by atoms with Gasteiger partial charge >= 0.3 is 0 Å². The zero-order valence-electron chi connectivity index (χ0n) is 15.1. The summed E-state index contributed by atoms with van der Waals surface area (Å²) in [6.45, 7) is 5.02. The van der Waals surface area contributed by atoms with E-state index in [1.807, 2.05) is 35.2 Å². The number of carbonyl (C=O) groups is 1. The molecular weight excluding hydrogens is 314 g/mol. The van der Waals surface area contributed by atoms with E-state index in [2.05, 4.69) is 10.2 Å². The Hall–Kier alpha value is -1.43. The summed E-state index contributed by atoms with van der Waals surface area (Å²) in [5.74, 6) is 0.151. The maximum atomic E-state index is 12.5. The number of nitrogens with one attached hydrogen (secondary N) is 1. The topological polar surface area (TPSA) is 55.8 Å². The highest BCUT2D eigenvalue weighted by Crippen LogP contribution is 2.17. The van der Waals surface area contributed by atoms with Crippen LogP contribution in [0.15, 0.2) is 30.3 Å². The SMILES string of the molecule is O=C(c1ccccc1)N1CCC(NCCN2CCCC[C@H]2CO)CC1. The molecule has 5 heteroatoms. The second kappa shape index (κ2) is 9.32. The fraction of sp³-hybridized carbons (Fsp3) is 0.650. The lowest BCUT2D eigenvalue weighted by molar-refractivity contribution is 0.0697. The summed E-state index contributed by atoms with van der Waals surface area (Å²) < 4.78 is 0. The maximum Gasteiger partial charge on any atom is 0.253 e. The van der Waals surface area contributed by atoms with E-state index in [9.17, 15) is 9.90 Å². The first-order valence-electron chi connectivity index (χ1n) is 9.70. The molecule has 0 unspecified atom stereocenters. The molecule has 0 bridgehead atoms. The van der Waals surface area contributed by atoms with Crippen LogP contribution in [0.25, 0.3) is 0 Å². The molecule has 1 aromatic rings. The molecule has 0 spiro atoms. The summed E-state index contributed by atoms with van der Waals surface area (Å²) in [4.78, 5) is 16.9. The van der Waals surface area contributed by atoms with Gasteiger partial charge in [0.1, 0.15) is 0 Å². The van der Waals surface area contributed by atoms with Crippen molar-refractivity contribution in [3.63, 3.8) is 0 Å². The number of rotatable bonds is 6. The average molecular weight is 345 g/mol. The van der Waals surface area contributed by atoms with Gasteiger partial charge in [-0.05, 0) is 44.4 Å². The summed E-state index contributed by atoms with van der Waals surface area (Å²) in [5, 5.41) is 13.1. The van der Waals surface area contributed by atoms with E-state index in [-0.39, 0.29) is 12.5 Å². The van der Waals surface area contributed by atoms with E-state index < -0.39 is 0 Å². The first-order chi connectivity index (χ1) is 12.3. The van der Waals surface area contributed by atoms with Gasteiger partial charge in [-0.15, -0.1) is 0 Å². The van der Waals surface area contributed by atoms with Gasteiger partial charge in [-0.2, -0.15) is 0 Å². The fourth-order valence-electron chi connectivity index (χ4n) is 4.02. The molecule has 2 N–H and O–H groups in total. The number of carbonyl (C=O) groups excluding carboxylic acids is 1. The van der Waals surface area contributed by atoms with E-state index in [0.29, 0.717) is 12.1 Å². The molecule has 1 atom stereocenters. The molecule has 0 aromatic heterocycles. The number of amides is 1. The first kappa shape index (κ1) is 18.4. The molecule has 0 saturated carbocycles. The minimum atomic E-state index is 0.151. The van der Waals surface area contributed by atoms with Crippen LogP contribution in [0.4, 0.5) is 0 Å². The van der Waals surface area contributed by atoms with Crippen LogP contribution in [0.3, 0.4) is 0 Å². The van der Waals surface area contributed by atoms with Crippen LogP contribution in [0, 0.1) is 0 Å². The molecule has 0 radical (unpaired) electrons. The molecular formula is C20H31N3O2. The molecule has 2 heterocycles. The van der Waals surface area contributed by atoms with Crippen LogP contribution >= 0.6 is 0 Å². The van der Waals surface area contributed by atoms with Gasteiger partial charge in [0.25, 0.3) is 5.91 Å². The normalized spacial score (nSPS) is 22.9. The Morgan fingerprint density at radius 1 is 1.08 bits per heavy atom. The van der Waals surface area contributed by atoms with Crippen molar-refractivity contribution in [3.05, 3.63) is 35.9 Å². The summed E-state index contributed by atoms with van der Waals surface area (Å²) >= 11 is 0. The number of likely N-dealkylation sites (tertiary alicyclic amines) is 2. The quantitative estimate of drug-likeness (QED) is 0.824. The smallest absolute Gasteiger partial charge is 0.253 e. The van der Waals surface area contributed by atoms with Crippen molar-refractivity contribution in [2.75, 3.05) is 39.3 Å². The van der Waals surface area contributed by atoms with Crippen LogP contribution in [0.2, 0.25) is 0 Å². The Labute approximate surface area is 151 Å². The first-order valence-corrected chi connectivity index (χ1v) is 9.70. The molecule has 25 heavy (non-hydrogen) atoms. The molecule has 2 aliphatic heterocycles. The minimum absolute atomic E-state index is 0.151. The Bertz CT molecular complexity index is 529. The van der Waals surface area contributed by atoms with Crippen molar-refractivity contribution < 1.29 is 9.90 Å². The lowest BCUT2D eigenvalue weighted by Crippen LogP contribution is -2.48. The summed E-state index contributed by atoms with van der Waals surface area (Å²) in [5.41, 5.74) is 0.786. The van der Waals surface area contributed by atoms with Gasteiger partial charge in [0, 0.05) is 43.8 Å². The average Bonchev–Trinajstić information content (AvgIpc) is 2.69. The number of aliphatic hydroxyl groups excluding tert-OH is 1. The van der Waals surface area contributed by atoms with E-state index in [1.54, 1.807) is 0 Å². The number of hydrogen-bond donors (Lipinski definition) is 2. The standard InChI is InChI=1S/C20H31N3O2/c24-16-19-8-4-5-12-22(19)15-11-21-18-9-13-23(14-10-18)20(25)17-6-2-1-3-7-17/h1-3,6-7,18-19,21,24H,4-5,8-16H2/t19-/m0/s1. The Morgan fingerprint density at radius 2 is 1.84 bits per heavy atom. The van der Waals surface area contributed by atoms with Gasteiger partial charge in [-0.3, -0.25) is 9.69 Å². The lowest BCUT2D eigenvalue weighted by atomic mass is 10.0. The number of nitrogens with zero attached hydrogens (tertiary/aromatic N) is 2. The van der Waals surface area contributed by atoms with E-state index in [0.717, 1.165) is 57.5 Å². The third kappa shape index (κ3) is 5.03.